The first kappa shape index (κ1) is 16.4. The van der Waals surface area contributed by atoms with Crippen molar-refractivity contribution < 1.29 is 9.32 Å². The van der Waals surface area contributed by atoms with E-state index < -0.39 is 0 Å². The van der Waals surface area contributed by atoms with Crippen molar-refractivity contribution in [1.29, 1.82) is 0 Å². The smallest absolute Gasteiger partial charge is 0.244 e. The molecule has 0 saturated carbocycles. The first-order valence-corrected chi connectivity index (χ1v) is 8.63. The molecule has 8 heteroatoms. The number of rotatable bonds is 4. The summed E-state index contributed by atoms with van der Waals surface area (Å²) in [5.74, 6) is 1.27. The van der Waals surface area contributed by atoms with E-state index in [1.807, 2.05) is 36.9 Å². The second-order valence-electron chi connectivity index (χ2n) is 6.60. The Balaban J connectivity index is 1.41. The van der Waals surface area contributed by atoms with E-state index in [9.17, 15) is 4.79 Å². The Morgan fingerprint density at radius 1 is 1.31 bits per heavy atom. The molecule has 1 amide bonds. The molecule has 134 valence electrons. The fraction of sp³-hybridized carbons (Fsp3) is 0.389. The normalized spacial score (nSPS) is 17.0. The summed E-state index contributed by atoms with van der Waals surface area (Å²) in [6.07, 6.45) is 4.21. The van der Waals surface area contributed by atoms with E-state index in [2.05, 4.69) is 20.2 Å². The van der Waals surface area contributed by atoms with E-state index in [4.69, 9.17) is 4.52 Å². The number of pyridine rings is 1. The quantitative estimate of drug-likeness (QED) is 0.713. The van der Waals surface area contributed by atoms with Crippen molar-refractivity contribution in [1.82, 2.24) is 29.8 Å². The van der Waals surface area contributed by atoms with Crippen LogP contribution in [0.3, 0.4) is 0 Å². The van der Waals surface area contributed by atoms with Gasteiger partial charge in [0.1, 0.15) is 6.54 Å². The molecule has 26 heavy (non-hydrogen) atoms. The zero-order chi connectivity index (χ0) is 18.1. The highest BCUT2D eigenvalue weighted by Gasteiger charge is 2.31. The van der Waals surface area contributed by atoms with Crippen LogP contribution in [0.1, 0.15) is 29.6 Å². The Morgan fingerprint density at radius 2 is 2.12 bits per heavy atom. The van der Waals surface area contributed by atoms with Crippen molar-refractivity contribution in [3.05, 3.63) is 47.9 Å². The van der Waals surface area contributed by atoms with Crippen LogP contribution in [0.2, 0.25) is 0 Å². The number of hydrogen-bond acceptors (Lipinski definition) is 6. The average Bonchev–Trinajstić information content (AvgIpc) is 3.36. The fourth-order valence-electron chi connectivity index (χ4n) is 3.27. The second-order valence-corrected chi connectivity index (χ2v) is 6.60. The highest BCUT2D eigenvalue weighted by atomic mass is 16.5. The van der Waals surface area contributed by atoms with Crippen LogP contribution in [0.15, 0.2) is 35.1 Å². The standard InChI is InChI=1S/C18H20N6O2/c1-12-9-13(2)24(21-12)11-16(25)23-8-5-15(10-23)18-20-17(22-26-18)14-3-6-19-7-4-14/h3-4,6-7,9,15H,5,8,10-11H2,1-2H3/t15-/m1/s1. The van der Waals surface area contributed by atoms with Gasteiger partial charge in [-0.1, -0.05) is 5.16 Å². The van der Waals surface area contributed by atoms with Crippen molar-refractivity contribution in [2.45, 2.75) is 32.7 Å². The van der Waals surface area contributed by atoms with E-state index in [1.54, 1.807) is 17.1 Å². The number of aromatic nitrogens is 5. The zero-order valence-corrected chi connectivity index (χ0v) is 14.8. The molecule has 0 aliphatic carbocycles. The minimum atomic E-state index is 0.0626. The SMILES string of the molecule is Cc1cc(C)n(CC(=O)N2CC[C@@H](c3nc(-c4ccncc4)no3)C2)n1. The van der Waals surface area contributed by atoms with Crippen LogP contribution in [0, 0.1) is 13.8 Å². The van der Waals surface area contributed by atoms with E-state index in [1.165, 1.54) is 0 Å². The molecule has 1 aliphatic rings. The van der Waals surface area contributed by atoms with Crippen molar-refractivity contribution in [3.8, 4) is 11.4 Å². The molecule has 1 saturated heterocycles. The first-order valence-electron chi connectivity index (χ1n) is 8.63. The maximum absolute atomic E-state index is 12.6. The maximum Gasteiger partial charge on any atom is 0.244 e. The number of likely N-dealkylation sites (tertiary alicyclic amines) is 1. The summed E-state index contributed by atoms with van der Waals surface area (Å²) in [6.45, 7) is 5.43. The van der Waals surface area contributed by atoms with Gasteiger partial charge in [0.05, 0.1) is 11.6 Å². The largest absolute Gasteiger partial charge is 0.340 e. The van der Waals surface area contributed by atoms with Gasteiger partial charge in [-0.2, -0.15) is 10.1 Å². The summed E-state index contributed by atoms with van der Waals surface area (Å²) in [6, 6.07) is 5.65. The van der Waals surface area contributed by atoms with Gasteiger partial charge in [-0.15, -0.1) is 0 Å². The zero-order valence-electron chi connectivity index (χ0n) is 14.8. The maximum atomic E-state index is 12.6. The fourth-order valence-corrected chi connectivity index (χ4v) is 3.27. The van der Waals surface area contributed by atoms with Crippen molar-refractivity contribution in [3.63, 3.8) is 0 Å². The van der Waals surface area contributed by atoms with Crippen LogP contribution in [-0.4, -0.2) is 48.8 Å². The lowest BCUT2D eigenvalue weighted by molar-refractivity contribution is -0.131. The van der Waals surface area contributed by atoms with Gasteiger partial charge >= 0.3 is 0 Å². The lowest BCUT2D eigenvalue weighted by Gasteiger charge is -2.16. The van der Waals surface area contributed by atoms with E-state index >= 15 is 0 Å². The van der Waals surface area contributed by atoms with Crippen LogP contribution in [-0.2, 0) is 11.3 Å². The van der Waals surface area contributed by atoms with Crippen molar-refractivity contribution in [2.24, 2.45) is 0 Å². The molecule has 1 atom stereocenters. The Kier molecular flexibility index (Phi) is 4.24. The van der Waals surface area contributed by atoms with Gasteiger partial charge in [0.25, 0.3) is 0 Å². The molecule has 0 N–H and O–H groups in total. The van der Waals surface area contributed by atoms with Gasteiger partial charge in [-0.25, -0.2) is 0 Å². The van der Waals surface area contributed by atoms with Crippen molar-refractivity contribution in [2.75, 3.05) is 13.1 Å². The third kappa shape index (κ3) is 3.22. The number of carbonyl (C=O) groups excluding carboxylic acids is 1. The highest BCUT2D eigenvalue weighted by molar-refractivity contribution is 5.76. The molecule has 0 aromatic carbocycles. The van der Waals surface area contributed by atoms with Gasteiger partial charge in [0.2, 0.25) is 17.6 Å². The van der Waals surface area contributed by atoms with Gasteiger partial charge in [0.15, 0.2) is 0 Å². The minimum absolute atomic E-state index is 0.0626. The molecular formula is C18H20N6O2. The molecule has 1 aliphatic heterocycles. The molecular weight excluding hydrogens is 332 g/mol. The monoisotopic (exact) mass is 352 g/mol. The van der Waals surface area contributed by atoms with E-state index in [-0.39, 0.29) is 18.4 Å². The van der Waals surface area contributed by atoms with Crippen LogP contribution in [0.5, 0.6) is 0 Å². The Hall–Kier alpha value is -3.03. The third-order valence-electron chi connectivity index (χ3n) is 4.66. The van der Waals surface area contributed by atoms with Crippen molar-refractivity contribution >= 4 is 5.91 Å². The molecule has 0 radical (unpaired) electrons. The molecule has 0 spiro atoms. The predicted molar refractivity (Wildman–Crippen MR) is 93.2 cm³/mol. The summed E-state index contributed by atoms with van der Waals surface area (Å²) >= 11 is 0. The molecule has 4 heterocycles. The summed E-state index contributed by atoms with van der Waals surface area (Å²) < 4.78 is 7.18. The molecule has 3 aromatic heterocycles. The number of amides is 1. The van der Waals surface area contributed by atoms with E-state index in [0.717, 1.165) is 23.4 Å². The van der Waals surface area contributed by atoms with Gasteiger partial charge in [-0.3, -0.25) is 14.5 Å². The average molecular weight is 352 g/mol. The Labute approximate surface area is 150 Å². The molecule has 4 rings (SSSR count). The summed E-state index contributed by atoms with van der Waals surface area (Å²) in [4.78, 5) is 22.9. The molecule has 3 aromatic rings. The predicted octanol–water partition coefficient (Wildman–Crippen LogP) is 1.96. The lowest BCUT2D eigenvalue weighted by atomic mass is 10.1. The van der Waals surface area contributed by atoms with Gasteiger partial charge in [-0.05, 0) is 38.5 Å². The third-order valence-corrected chi connectivity index (χ3v) is 4.66. The summed E-state index contributed by atoms with van der Waals surface area (Å²) in [5.41, 5.74) is 2.78. The van der Waals surface area contributed by atoms with Crippen LogP contribution in [0.4, 0.5) is 0 Å². The molecule has 0 bridgehead atoms. The number of carbonyl (C=O) groups is 1. The first-order chi connectivity index (χ1) is 12.6. The molecule has 0 unspecified atom stereocenters. The topological polar surface area (TPSA) is 89.9 Å². The van der Waals surface area contributed by atoms with Crippen LogP contribution >= 0.6 is 0 Å². The second kappa shape index (κ2) is 6.70. The van der Waals surface area contributed by atoms with Crippen LogP contribution < -0.4 is 0 Å². The molecule has 1 fully saturated rings. The Morgan fingerprint density at radius 3 is 2.85 bits per heavy atom. The number of hydrogen-bond donors (Lipinski definition) is 0. The molecule has 8 nitrogen and oxygen atoms in total. The summed E-state index contributed by atoms with van der Waals surface area (Å²) in [5, 5.41) is 8.41. The lowest BCUT2D eigenvalue weighted by Crippen LogP contribution is -2.32. The Bertz CT molecular complexity index is 917. The van der Waals surface area contributed by atoms with Gasteiger partial charge < -0.3 is 9.42 Å². The van der Waals surface area contributed by atoms with Crippen LogP contribution in [0.25, 0.3) is 11.4 Å². The van der Waals surface area contributed by atoms with E-state index in [0.29, 0.717) is 24.8 Å². The minimum Gasteiger partial charge on any atom is -0.340 e. The summed E-state index contributed by atoms with van der Waals surface area (Å²) in [7, 11) is 0. The number of aryl methyl sites for hydroxylation is 2. The van der Waals surface area contributed by atoms with Gasteiger partial charge in [0, 0.05) is 36.7 Å². The number of nitrogens with zero attached hydrogens (tertiary/aromatic N) is 6. The highest BCUT2D eigenvalue weighted by Crippen LogP contribution is 2.27.